The summed E-state index contributed by atoms with van der Waals surface area (Å²) in [5.41, 5.74) is 2.21. The lowest BCUT2D eigenvalue weighted by atomic mass is 9.90. The van der Waals surface area contributed by atoms with Crippen LogP contribution in [0.15, 0.2) is 18.2 Å². The van der Waals surface area contributed by atoms with Gasteiger partial charge >= 0.3 is 5.97 Å². The molecule has 1 fully saturated rings. The maximum atomic E-state index is 13.1. The van der Waals surface area contributed by atoms with Crippen molar-refractivity contribution < 1.29 is 22.7 Å². The van der Waals surface area contributed by atoms with Gasteiger partial charge in [0.2, 0.25) is 15.9 Å². The second-order valence-electron chi connectivity index (χ2n) is 7.57. The van der Waals surface area contributed by atoms with E-state index in [4.69, 9.17) is 9.47 Å². The van der Waals surface area contributed by atoms with Crippen LogP contribution >= 0.6 is 0 Å². The number of rotatable bonds is 8. The molecular formula is C20H29N3O5S. The Morgan fingerprint density at radius 2 is 2.03 bits per heavy atom. The molecule has 1 aromatic carbocycles. The van der Waals surface area contributed by atoms with Crippen molar-refractivity contribution in [2.45, 2.75) is 32.3 Å². The maximum absolute atomic E-state index is 13.1. The third-order valence-electron chi connectivity index (χ3n) is 5.29. The zero-order valence-electron chi connectivity index (χ0n) is 17.1. The quantitative estimate of drug-likeness (QED) is 0.560. The van der Waals surface area contributed by atoms with E-state index < -0.39 is 16.0 Å². The summed E-state index contributed by atoms with van der Waals surface area (Å²) >= 11 is 0. The maximum Gasteiger partial charge on any atom is 0.344 e. The van der Waals surface area contributed by atoms with Gasteiger partial charge < -0.3 is 19.8 Å². The van der Waals surface area contributed by atoms with E-state index in [9.17, 15) is 13.2 Å². The van der Waals surface area contributed by atoms with Gasteiger partial charge in [-0.05, 0) is 57.3 Å². The van der Waals surface area contributed by atoms with Crippen molar-refractivity contribution in [2.75, 3.05) is 33.0 Å². The molecule has 0 amide bonds. The van der Waals surface area contributed by atoms with Crippen LogP contribution in [0.2, 0.25) is 0 Å². The molecule has 8 nitrogen and oxygen atoms in total. The second kappa shape index (κ2) is 9.15. The molecule has 0 bridgehead atoms. The number of carbonyl (C=O) groups excluding carboxylic acids is 1. The summed E-state index contributed by atoms with van der Waals surface area (Å²) in [5, 5.41) is 4.06. The fraction of sp³-hybridized carbons (Fsp3) is 0.550. The number of ether oxygens (including phenoxy) is 2. The highest BCUT2D eigenvalue weighted by Gasteiger charge is 2.30. The van der Waals surface area contributed by atoms with Gasteiger partial charge in [-0.25, -0.2) is 17.9 Å². The Labute approximate surface area is 171 Å². The van der Waals surface area contributed by atoms with Gasteiger partial charge in [-0.2, -0.15) is 0 Å². The highest BCUT2D eigenvalue weighted by atomic mass is 32.2. The first kappa shape index (κ1) is 21.6. The highest BCUT2D eigenvalue weighted by molar-refractivity contribution is 7.88. The highest BCUT2D eigenvalue weighted by Crippen LogP contribution is 2.31. The predicted molar refractivity (Wildman–Crippen MR) is 112 cm³/mol. The van der Waals surface area contributed by atoms with Crippen molar-refractivity contribution in [3.63, 3.8) is 0 Å². The van der Waals surface area contributed by atoms with E-state index in [0.29, 0.717) is 17.9 Å². The molecule has 1 unspecified atom stereocenters. The number of hydrogen-bond donors (Lipinski definition) is 3. The minimum absolute atomic E-state index is 0.180. The van der Waals surface area contributed by atoms with E-state index in [0.717, 1.165) is 48.7 Å². The van der Waals surface area contributed by atoms with Gasteiger partial charge in [0.15, 0.2) is 0 Å². The monoisotopic (exact) mass is 423 g/mol. The fourth-order valence-electron chi connectivity index (χ4n) is 3.83. The number of esters is 1. The third kappa shape index (κ3) is 5.49. The molecule has 0 radical (unpaired) electrons. The molecule has 29 heavy (non-hydrogen) atoms. The predicted octanol–water partition coefficient (Wildman–Crippen LogP) is 1.95. The number of piperidine rings is 1. The fourth-order valence-corrected chi connectivity index (χ4v) is 4.32. The third-order valence-corrected chi connectivity index (χ3v) is 6.02. The molecule has 160 valence electrons. The van der Waals surface area contributed by atoms with Gasteiger partial charge in [-0.1, -0.05) is 11.6 Å². The number of hydrogen-bond acceptors (Lipinski definition) is 6. The number of aromatic nitrogens is 1. The number of aromatic amines is 1. The SMILES string of the molecule is COc1[nH]c2ccc(C)cc2c1C(=O)OC(CCNS(C)(=O)=O)C1CCNCC1. The van der Waals surface area contributed by atoms with E-state index in [1.165, 1.54) is 7.11 Å². The van der Waals surface area contributed by atoms with Gasteiger partial charge in [-0.3, -0.25) is 0 Å². The zero-order chi connectivity index (χ0) is 21.0. The number of aryl methyl sites for hydroxylation is 1. The molecule has 2 aromatic rings. The first-order valence-electron chi connectivity index (χ1n) is 9.81. The normalized spacial score (nSPS) is 16.7. The topological polar surface area (TPSA) is 110 Å². The number of nitrogens with one attached hydrogen (secondary N) is 3. The van der Waals surface area contributed by atoms with Crippen LogP contribution in [0.5, 0.6) is 5.88 Å². The van der Waals surface area contributed by atoms with Crippen LogP contribution < -0.4 is 14.8 Å². The summed E-state index contributed by atoms with van der Waals surface area (Å²) in [6, 6.07) is 5.79. The molecule has 9 heteroatoms. The number of carbonyl (C=O) groups is 1. The molecule has 0 saturated carbocycles. The van der Waals surface area contributed by atoms with Crippen LogP contribution in [0.3, 0.4) is 0 Å². The van der Waals surface area contributed by atoms with E-state index in [2.05, 4.69) is 15.0 Å². The first-order chi connectivity index (χ1) is 13.8. The van der Waals surface area contributed by atoms with Crippen molar-refractivity contribution in [3.05, 3.63) is 29.3 Å². The number of fused-ring (bicyclic) bond motifs is 1. The van der Waals surface area contributed by atoms with Crippen LogP contribution in [-0.2, 0) is 14.8 Å². The van der Waals surface area contributed by atoms with E-state index in [-0.39, 0.29) is 18.6 Å². The van der Waals surface area contributed by atoms with Crippen molar-refractivity contribution >= 4 is 26.9 Å². The Bertz CT molecular complexity index is 964. The number of methoxy groups -OCH3 is 1. The van der Waals surface area contributed by atoms with Gasteiger partial charge in [0.05, 0.1) is 13.4 Å². The molecule has 1 aliphatic rings. The summed E-state index contributed by atoms with van der Waals surface area (Å²) in [7, 11) is -1.79. The van der Waals surface area contributed by atoms with Gasteiger partial charge in [0.25, 0.3) is 0 Å². The van der Waals surface area contributed by atoms with Gasteiger partial charge in [0, 0.05) is 17.4 Å². The molecule has 1 saturated heterocycles. The molecule has 1 atom stereocenters. The first-order valence-corrected chi connectivity index (χ1v) is 11.7. The number of H-pyrrole nitrogens is 1. The Morgan fingerprint density at radius 1 is 1.31 bits per heavy atom. The van der Waals surface area contributed by atoms with Crippen molar-refractivity contribution in [1.82, 2.24) is 15.0 Å². The molecule has 3 N–H and O–H groups in total. The summed E-state index contributed by atoms with van der Waals surface area (Å²) in [6.45, 7) is 3.90. The molecule has 1 aliphatic heterocycles. The molecular weight excluding hydrogens is 394 g/mol. The van der Waals surface area contributed by atoms with Crippen LogP contribution in [-0.4, -0.2) is 58.5 Å². The molecule has 1 aromatic heterocycles. The lowest BCUT2D eigenvalue weighted by Gasteiger charge is -2.30. The van der Waals surface area contributed by atoms with E-state index >= 15 is 0 Å². The average molecular weight is 424 g/mol. The van der Waals surface area contributed by atoms with Crippen molar-refractivity contribution in [3.8, 4) is 5.88 Å². The second-order valence-corrected chi connectivity index (χ2v) is 9.40. The van der Waals surface area contributed by atoms with Crippen LogP contribution in [0.1, 0.15) is 35.2 Å². The van der Waals surface area contributed by atoms with E-state index in [1.54, 1.807) is 0 Å². The minimum Gasteiger partial charge on any atom is -0.482 e. The van der Waals surface area contributed by atoms with Gasteiger partial charge in [0.1, 0.15) is 11.7 Å². The van der Waals surface area contributed by atoms with Crippen LogP contribution in [0.25, 0.3) is 10.9 Å². The van der Waals surface area contributed by atoms with Crippen LogP contribution in [0.4, 0.5) is 0 Å². The number of sulfonamides is 1. The lowest BCUT2D eigenvalue weighted by Crippen LogP contribution is -2.38. The standard InChI is InChI=1S/C20H29N3O5S/c1-13-4-5-16-15(12-13)18(19(23-16)27-2)20(24)28-17(8-11-22-29(3,25)26)14-6-9-21-10-7-14/h4-5,12,14,17,21-23H,6-11H2,1-3H3. The minimum atomic E-state index is -3.29. The molecule has 0 aliphatic carbocycles. The lowest BCUT2D eigenvalue weighted by molar-refractivity contribution is 0.00655. The van der Waals surface area contributed by atoms with Crippen molar-refractivity contribution in [2.24, 2.45) is 5.92 Å². The Kier molecular flexibility index (Phi) is 6.81. The Morgan fingerprint density at radius 3 is 2.69 bits per heavy atom. The smallest absolute Gasteiger partial charge is 0.344 e. The van der Waals surface area contributed by atoms with Crippen LogP contribution in [0, 0.1) is 12.8 Å². The summed E-state index contributed by atoms with van der Waals surface area (Å²) in [4.78, 5) is 16.3. The van der Waals surface area contributed by atoms with Crippen molar-refractivity contribution in [1.29, 1.82) is 0 Å². The number of benzene rings is 1. The summed E-state index contributed by atoms with van der Waals surface area (Å²) < 4.78 is 36.6. The Balaban J connectivity index is 1.83. The molecule has 0 spiro atoms. The largest absolute Gasteiger partial charge is 0.482 e. The Hall–Kier alpha value is -2.10. The van der Waals surface area contributed by atoms with E-state index in [1.807, 2.05) is 25.1 Å². The summed E-state index contributed by atoms with van der Waals surface area (Å²) in [5.74, 6) is 0.0926. The molecule has 2 heterocycles. The molecule has 3 rings (SSSR count). The zero-order valence-corrected chi connectivity index (χ0v) is 17.9. The summed E-state index contributed by atoms with van der Waals surface area (Å²) in [6.07, 6.45) is 2.92. The van der Waals surface area contributed by atoms with Gasteiger partial charge in [-0.15, -0.1) is 0 Å². The average Bonchev–Trinajstić information content (AvgIpc) is 3.04.